The number of piperazine rings is 1. The van der Waals surface area contributed by atoms with Gasteiger partial charge in [0.2, 0.25) is 5.95 Å². The van der Waals surface area contributed by atoms with Gasteiger partial charge in [0, 0.05) is 69.0 Å². The summed E-state index contributed by atoms with van der Waals surface area (Å²) in [7, 11) is 2.09. The summed E-state index contributed by atoms with van der Waals surface area (Å²) in [6, 6.07) is 18.7. The van der Waals surface area contributed by atoms with E-state index in [0.29, 0.717) is 13.1 Å². The molecule has 7 heteroatoms. The van der Waals surface area contributed by atoms with Crippen molar-refractivity contribution in [2.45, 2.75) is 39.8 Å². The second-order valence-corrected chi connectivity index (χ2v) is 10.1. The van der Waals surface area contributed by atoms with Gasteiger partial charge in [-0.15, -0.1) is 0 Å². The Morgan fingerprint density at radius 2 is 1.64 bits per heavy atom. The maximum atomic E-state index is 13.3. The van der Waals surface area contributed by atoms with Crippen molar-refractivity contribution in [2.75, 3.05) is 54.5 Å². The van der Waals surface area contributed by atoms with E-state index in [1.54, 1.807) is 0 Å². The molecule has 0 atom stereocenters. The molecule has 0 saturated carbocycles. The third-order valence-electron chi connectivity index (χ3n) is 7.37. The van der Waals surface area contributed by atoms with Gasteiger partial charge in [0.05, 0.1) is 12.2 Å². The van der Waals surface area contributed by atoms with Gasteiger partial charge < -0.3 is 19.6 Å². The van der Waals surface area contributed by atoms with Crippen molar-refractivity contribution in [3.05, 3.63) is 77.0 Å². The molecule has 0 radical (unpaired) electrons. The van der Waals surface area contributed by atoms with E-state index < -0.39 is 0 Å². The van der Waals surface area contributed by atoms with Crippen LogP contribution in [0.2, 0.25) is 0 Å². The number of fused-ring (bicyclic) bond motifs is 1. The van der Waals surface area contributed by atoms with Crippen molar-refractivity contribution in [1.29, 1.82) is 0 Å². The van der Waals surface area contributed by atoms with E-state index >= 15 is 0 Å². The Labute approximate surface area is 214 Å². The molecule has 0 aliphatic carbocycles. The zero-order chi connectivity index (χ0) is 25.2. The van der Waals surface area contributed by atoms with Crippen molar-refractivity contribution in [3.63, 3.8) is 0 Å². The van der Waals surface area contributed by atoms with Crippen LogP contribution < -0.4 is 14.7 Å². The van der Waals surface area contributed by atoms with Crippen molar-refractivity contribution in [1.82, 2.24) is 14.9 Å². The molecular weight excluding hydrogens is 448 g/mol. The van der Waals surface area contributed by atoms with E-state index in [9.17, 15) is 4.79 Å². The number of aromatic nitrogens is 2. The zero-order valence-corrected chi connectivity index (χ0v) is 21.8. The van der Waals surface area contributed by atoms with Crippen molar-refractivity contribution in [2.24, 2.45) is 0 Å². The molecule has 36 heavy (non-hydrogen) atoms. The van der Waals surface area contributed by atoms with Crippen molar-refractivity contribution >= 4 is 23.4 Å². The molecule has 2 aromatic carbocycles. The molecule has 0 bridgehead atoms. The van der Waals surface area contributed by atoms with Gasteiger partial charge in [-0.05, 0) is 45.0 Å². The van der Waals surface area contributed by atoms with Crippen molar-refractivity contribution in [3.8, 4) is 0 Å². The minimum absolute atomic E-state index is 0.0728. The quantitative estimate of drug-likeness (QED) is 0.542. The first kappa shape index (κ1) is 24.1. The van der Waals surface area contributed by atoms with E-state index in [2.05, 4.69) is 65.9 Å². The summed E-state index contributed by atoms with van der Waals surface area (Å²) in [5.74, 6) is 1.82. The lowest BCUT2D eigenvalue weighted by atomic mass is 10.0. The fraction of sp³-hybridized carbons (Fsp3) is 0.414. The number of hydrogen-bond donors (Lipinski definition) is 0. The minimum Gasteiger partial charge on any atom is -0.368 e. The van der Waals surface area contributed by atoms with Gasteiger partial charge in [-0.3, -0.25) is 4.79 Å². The fourth-order valence-corrected chi connectivity index (χ4v) is 5.00. The Bertz CT molecular complexity index is 1220. The fourth-order valence-electron chi connectivity index (χ4n) is 5.00. The van der Waals surface area contributed by atoms with Crippen LogP contribution in [0.4, 0.5) is 17.5 Å². The van der Waals surface area contributed by atoms with Crippen LogP contribution in [-0.2, 0) is 13.0 Å². The standard InChI is InChI=1S/C29H36N6O/c1-21(2)32(4)27-25-20-35(28(36)23-10-8-9-22(3)19-23)14-13-26(25)30-29(31-27)34-17-15-33(16-18-34)24-11-6-5-7-12-24/h5-12,19,21H,13-18,20H2,1-4H3. The second-order valence-electron chi connectivity index (χ2n) is 10.1. The predicted molar refractivity (Wildman–Crippen MR) is 146 cm³/mol. The highest BCUT2D eigenvalue weighted by Crippen LogP contribution is 2.31. The maximum Gasteiger partial charge on any atom is 0.254 e. The number of carbonyl (C=O) groups excluding carboxylic acids is 1. The smallest absolute Gasteiger partial charge is 0.254 e. The van der Waals surface area contributed by atoms with Crippen LogP contribution in [0.5, 0.6) is 0 Å². The minimum atomic E-state index is 0.0728. The molecule has 5 rings (SSSR count). The van der Waals surface area contributed by atoms with Crippen LogP contribution in [0.15, 0.2) is 54.6 Å². The number of carbonyl (C=O) groups is 1. The molecule has 3 heterocycles. The third kappa shape index (κ3) is 4.87. The van der Waals surface area contributed by atoms with E-state index in [4.69, 9.17) is 9.97 Å². The largest absolute Gasteiger partial charge is 0.368 e. The topological polar surface area (TPSA) is 55.8 Å². The highest BCUT2D eigenvalue weighted by Gasteiger charge is 2.30. The van der Waals surface area contributed by atoms with Gasteiger partial charge >= 0.3 is 0 Å². The third-order valence-corrected chi connectivity index (χ3v) is 7.37. The molecular formula is C29H36N6O. The molecule has 1 aromatic heterocycles. The first-order valence-corrected chi connectivity index (χ1v) is 12.9. The average molecular weight is 485 g/mol. The van der Waals surface area contributed by atoms with Gasteiger partial charge in [-0.25, -0.2) is 4.98 Å². The molecule has 0 unspecified atom stereocenters. The number of benzene rings is 2. The summed E-state index contributed by atoms with van der Waals surface area (Å²) in [6.07, 6.45) is 0.741. The number of anilines is 3. The lowest BCUT2D eigenvalue weighted by Gasteiger charge is -2.38. The van der Waals surface area contributed by atoms with Gasteiger partial charge in [0.1, 0.15) is 5.82 Å². The Kier molecular flexibility index (Phi) is 6.81. The number of rotatable bonds is 5. The van der Waals surface area contributed by atoms with Gasteiger partial charge in [-0.2, -0.15) is 4.98 Å². The van der Waals surface area contributed by atoms with Crippen LogP contribution in [0, 0.1) is 6.92 Å². The Morgan fingerprint density at radius 3 is 2.33 bits per heavy atom. The molecule has 3 aromatic rings. The summed E-state index contributed by atoms with van der Waals surface area (Å²) >= 11 is 0. The number of aryl methyl sites for hydroxylation is 1. The maximum absolute atomic E-state index is 13.3. The molecule has 2 aliphatic heterocycles. The molecule has 0 spiro atoms. The summed E-state index contributed by atoms with van der Waals surface area (Å²) < 4.78 is 0. The zero-order valence-electron chi connectivity index (χ0n) is 21.8. The summed E-state index contributed by atoms with van der Waals surface area (Å²) in [5, 5.41) is 0. The Morgan fingerprint density at radius 1 is 0.917 bits per heavy atom. The lowest BCUT2D eigenvalue weighted by Crippen LogP contribution is -2.47. The van der Waals surface area contributed by atoms with Crippen LogP contribution in [0.25, 0.3) is 0 Å². The van der Waals surface area contributed by atoms with Crippen LogP contribution in [0.3, 0.4) is 0 Å². The Hall–Kier alpha value is -3.61. The highest BCUT2D eigenvalue weighted by atomic mass is 16.2. The van der Waals surface area contributed by atoms with Crippen molar-refractivity contribution < 1.29 is 4.79 Å². The molecule has 0 N–H and O–H groups in total. The number of amides is 1. The summed E-state index contributed by atoms with van der Waals surface area (Å²) in [4.78, 5) is 32.3. The molecule has 1 amide bonds. The van der Waals surface area contributed by atoms with Crippen LogP contribution in [-0.4, -0.2) is 66.6 Å². The normalized spacial score (nSPS) is 15.8. The number of nitrogens with zero attached hydrogens (tertiary/aromatic N) is 6. The van der Waals surface area contributed by atoms with Gasteiger partial charge in [-0.1, -0.05) is 35.9 Å². The molecule has 7 nitrogen and oxygen atoms in total. The number of hydrogen-bond acceptors (Lipinski definition) is 6. The Balaban J connectivity index is 1.39. The van der Waals surface area contributed by atoms with E-state index in [1.165, 1.54) is 5.69 Å². The van der Waals surface area contributed by atoms with Gasteiger partial charge in [0.15, 0.2) is 0 Å². The van der Waals surface area contributed by atoms with Crippen LogP contribution in [0.1, 0.15) is 41.0 Å². The van der Waals surface area contributed by atoms with Crippen LogP contribution >= 0.6 is 0 Å². The first-order valence-electron chi connectivity index (χ1n) is 12.9. The second kappa shape index (κ2) is 10.2. The highest BCUT2D eigenvalue weighted by molar-refractivity contribution is 5.94. The van der Waals surface area contributed by atoms with E-state index in [1.807, 2.05) is 36.1 Å². The van der Waals surface area contributed by atoms with E-state index in [0.717, 1.165) is 66.8 Å². The number of para-hydroxylation sites is 1. The molecule has 1 saturated heterocycles. The SMILES string of the molecule is Cc1cccc(C(=O)N2CCc3nc(N4CCN(c5ccccc5)CC4)nc(N(C)C(C)C)c3C2)c1. The average Bonchev–Trinajstić information content (AvgIpc) is 2.92. The summed E-state index contributed by atoms with van der Waals surface area (Å²) in [5.41, 5.74) is 5.25. The summed E-state index contributed by atoms with van der Waals surface area (Å²) in [6.45, 7) is 11.2. The predicted octanol–water partition coefficient (Wildman–Crippen LogP) is 4.15. The first-order chi connectivity index (χ1) is 17.4. The molecule has 1 fully saturated rings. The van der Waals surface area contributed by atoms with Gasteiger partial charge in [0.25, 0.3) is 5.91 Å². The lowest BCUT2D eigenvalue weighted by molar-refractivity contribution is 0.0733. The molecule has 188 valence electrons. The molecule has 2 aliphatic rings. The van der Waals surface area contributed by atoms with E-state index in [-0.39, 0.29) is 11.9 Å². The monoisotopic (exact) mass is 484 g/mol.